The molecule has 100 valence electrons. The van der Waals surface area contributed by atoms with Crippen LogP contribution in [0.3, 0.4) is 0 Å². The molecule has 1 heterocycles. The first-order chi connectivity index (χ1) is 8.72. The number of hydrogen-bond donors (Lipinski definition) is 2. The molecule has 5 heteroatoms. The Labute approximate surface area is 113 Å². The van der Waals surface area contributed by atoms with Gasteiger partial charge in [-0.1, -0.05) is 17.7 Å². The summed E-state index contributed by atoms with van der Waals surface area (Å²) in [5, 5.41) is 3.94. The Kier molecular flexibility index (Phi) is 4.83. The Morgan fingerprint density at radius 2 is 2.17 bits per heavy atom. The zero-order chi connectivity index (χ0) is 13.0. The van der Waals surface area contributed by atoms with Crippen molar-refractivity contribution in [2.45, 2.75) is 13.1 Å². The standard InChI is InChI=1S/C13H20ClN3O/c1-2-18-12-4-3-10(9-11(12)14)13(15)17-7-5-16-6-8-17/h3-4,9,13,16H,2,5-8,15H2,1H3. The van der Waals surface area contributed by atoms with Gasteiger partial charge in [-0.15, -0.1) is 0 Å². The predicted molar refractivity (Wildman–Crippen MR) is 74.0 cm³/mol. The van der Waals surface area contributed by atoms with E-state index in [-0.39, 0.29) is 6.17 Å². The van der Waals surface area contributed by atoms with Gasteiger partial charge >= 0.3 is 0 Å². The quantitative estimate of drug-likeness (QED) is 0.872. The first-order valence-electron chi connectivity index (χ1n) is 6.35. The Bertz CT molecular complexity index is 394. The molecule has 0 saturated carbocycles. The maximum Gasteiger partial charge on any atom is 0.137 e. The van der Waals surface area contributed by atoms with Crippen molar-refractivity contribution in [3.63, 3.8) is 0 Å². The summed E-state index contributed by atoms with van der Waals surface area (Å²) >= 11 is 6.18. The van der Waals surface area contributed by atoms with Crippen LogP contribution in [0.1, 0.15) is 18.7 Å². The van der Waals surface area contributed by atoms with Crippen molar-refractivity contribution >= 4 is 11.6 Å². The zero-order valence-electron chi connectivity index (χ0n) is 10.7. The molecule has 0 aromatic heterocycles. The van der Waals surface area contributed by atoms with Gasteiger partial charge in [0.1, 0.15) is 5.75 Å². The Morgan fingerprint density at radius 3 is 2.78 bits per heavy atom. The van der Waals surface area contributed by atoms with E-state index in [2.05, 4.69) is 10.2 Å². The highest BCUT2D eigenvalue weighted by Gasteiger charge is 2.19. The lowest BCUT2D eigenvalue weighted by Gasteiger charge is -2.32. The lowest BCUT2D eigenvalue weighted by atomic mass is 10.1. The first kappa shape index (κ1) is 13.6. The van der Waals surface area contributed by atoms with Gasteiger partial charge in [0.25, 0.3) is 0 Å². The van der Waals surface area contributed by atoms with Crippen LogP contribution in [-0.2, 0) is 0 Å². The zero-order valence-corrected chi connectivity index (χ0v) is 11.4. The number of nitrogens with two attached hydrogens (primary N) is 1. The largest absolute Gasteiger partial charge is 0.492 e. The molecule has 0 amide bonds. The SMILES string of the molecule is CCOc1ccc(C(N)N2CCNCC2)cc1Cl. The molecule has 3 N–H and O–H groups in total. The highest BCUT2D eigenvalue weighted by Crippen LogP contribution is 2.28. The van der Waals surface area contributed by atoms with E-state index in [1.165, 1.54) is 0 Å². The number of benzene rings is 1. The minimum atomic E-state index is -0.0970. The van der Waals surface area contributed by atoms with Gasteiger partial charge in [-0.3, -0.25) is 4.90 Å². The van der Waals surface area contributed by atoms with Crippen molar-refractivity contribution < 1.29 is 4.74 Å². The number of halogens is 1. The third-order valence-corrected chi connectivity index (χ3v) is 3.44. The summed E-state index contributed by atoms with van der Waals surface area (Å²) in [6.45, 7) is 6.45. The number of nitrogens with one attached hydrogen (secondary N) is 1. The predicted octanol–water partition coefficient (Wildman–Crippen LogP) is 1.60. The number of hydrogen-bond acceptors (Lipinski definition) is 4. The summed E-state index contributed by atoms with van der Waals surface area (Å²) < 4.78 is 5.42. The van der Waals surface area contributed by atoms with Crippen LogP contribution < -0.4 is 15.8 Å². The van der Waals surface area contributed by atoms with Crippen LogP contribution in [0.2, 0.25) is 5.02 Å². The Morgan fingerprint density at radius 1 is 1.44 bits per heavy atom. The van der Waals surface area contributed by atoms with Gasteiger partial charge in [-0.05, 0) is 24.6 Å². The number of ether oxygens (including phenoxy) is 1. The minimum Gasteiger partial charge on any atom is -0.492 e. The second-order valence-corrected chi connectivity index (χ2v) is 4.76. The van der Waals surface area contributed by atoms with Crippen molar-refractivity contribution in [3.05, 3.63) is 28.8 Å². The van der Waals surface area contributed by atoms with Crippen LogP contribution in [0.5, 0.6) is 5.75 Å². The van der Waals surface area contributed by atoms with Crippen molar-refractivity contribution in [1.29, 1.82) is 0 Å². The highest BCUT2D eigenvalue weighted by molar-refractivity contribution is 6.32. The van der Waals surface area contributed by atoms with Gasteiger partial charge in [-0.2, -0.15) is 0 Å². The summed E-state index contributed by atoms with van der Waals surface area (Å²) in [5.41, 5.74) is 7.29. The van der Waals surface area contributed by atoms with Crippen LogP contribution in [0.4, 0.5) is 0 Å². The molecule has 0 bridgehead atoms. The van der Waals surface area contributed by atoms with Gasteiger partial charge in [0.2, 0.25) is 0 Å². The number of nitrogens with zero attached hydrogens (tertiary/aromatic N) is 1. The molecule has 1 aliphatic heterocycles. The lowest BCUT2D eigenvalue weighted by Crippen LogP contribution is -2.47. The average Bonchev–Trinajstić information content (AvgIpc) is 2.41. The van der Waals surface area contributed by atoms with Crippen LogP contribution in [0.15, 0.2) is 18.2 Å². The first-order valence-corrected chi connectivity index (χ1v) is 6.72. The van der Waals surface area contributed by atoms with Crippen LogP contribution in [0, 0.1) is 0 Å². The van der Waals surface area contributed by atoms with Crippen molar-refractivity contribution in [3.8, 4) is 5.75 Å². The van der Waals surface area contributed by atoms with Crippen LogP contribution in [0.25, 0.3) is 0 Å². The summed E-state index contributed by atoms with van der Waals surface area (Å²) in [6, 6.07) is 5.78. The van der Waals surface area contributed by atoms with E-state index < -0.39 is 0 Å². The van der Waals surface area contributed by atoms with E-state index in [9.17, 15) is 0 Å². The van der Waals surface area contributed by atoms with E-state index in [1.54, 1.807) is 0 Å². The maximum atomic E-state index is 6.26. The maximum absolute atomic E-state index is 6.26. The molecule has 1 aromatic rings. The molecule has 1 saturated heterocycles. The van der Waals surface area contributed by atoms with E-state index >= 15 is 0 Å². The third kappa shape index (κ3) is 3.14. The Balaban J connectivity index is 2.10. The molecule has 1 unspecified atom stereocenters. The summed E-state index contributed by atoms with van der Waals surface area (Å²) in [4.78, 5) is 2.25. The highest BCUT2D eigenvalue weighted by atomic mass is 35.5. The molecule has 0 spiro atoms. The molecule has 0 aliphatic carbocycles. The van der Waals surface area contributed by atoms with Crippen molar-refractivity contribution in [2.24, 2.45) is 5.73 Å². The monoisotopic (exact) mass is 269 g/mol. The number of piperazine rings is 1. The van der Waals surface area contributed by atoms with Gasteiger partial charge in [0.15, 0.2) is 0 Å². The summed E-state index contributed by atoms with van der Waals surface area (Å²) in [5.74, 6) is 0.718. The third-order valence-electron chi connectivity index (χ3n) is 3.14. The molecule has 18 heavy (non-hydrogen) atoms. The fourth-order valence-corrected chi connectivity index (χ4v) is 2.39. The fourth-order valence-electron chi connectivity index (χ4n) is 2.14. The molecule has 2 rings (SSSR count). The second kappa shape index (κ2) is 6.38. The molecule has 1 aromatic carbocycles. The summed E-state index contributed by atoms with van der Waals surface area (Å²) in [6.07, 6.45) is -0.0970. The van der Waals surface area contributed by atoms with Gasteiger partial charge in [0.05, 0.1) is 17.8 Å². The van der Waals surface area contributed by atoms with Crippen molar-refractivity contribution in [1.82, 2.24) is 10.2 Å². The smallest absolute Gasteiger partial charge is 0.137 e. The fraction of sp³-hybridized carbons (Fsp3) is 0.538. The van der Waals surface area contributed by atoms with Gasteiger partial charge < -0.3 is 15.8 Å². The second-order valence-electron chi connectivity index (χ2n) is 4.35. The van der Waals surface area contributed by atoms with Crippen LogP contribution >= 0.6 is 11.6 Å². The van der Waals surface area contributed by atoms with E-state index in [0.29, 0.717) is 11.6 Å². The average molecular weight is 270 g/mol. The molecule has 4 nitrogen and oxygen atoms in total. The molecule has 1 fully saturated rings. The van der Waals surface area contributed by atoms with Crippen LogP contribution in [-0.4, -0.2) is 37.7 Å². The van der Waals surface area contributed by atoms with E-state index in [1.807, 2.05) is 25.1 Å². The normalized spacial score (nSPS) is 18.6. The topological polar surface area (TPSA) is 50.5 Å². The molecular weight excluding hydrogens is 250 g/mol. The van der Waals surface area contributed by atoms with E-state index in [0.717, 1.165) is 37.5 Å². The minimum absolute atomic E-state index is 0.0970. The molecule has 0 radical (unpaired) electrons. The lowest BCUT2D eigenvalue weighted by molar-refractivity contribution is 0.177. The summed E-state index contributed by atoms with van der Waals surface area (Å²) in [7, 11) is 0. The molecule has 1 aliphatic rings. The van der Waals surface area contributed by atoms with Gasteiger partial charge in [0, 0.05) is 26.2 Å². The molecule has 1 atom stereocenters. The molecular formula is C13H20ClN3O. The van der Waals surface area contributed by atoms with E-state index in [4.69, 9.17) is 22.1 Å². The van der Waals surface area contributed by atoms with Gasteiger partial charge in [-0.25, -0.2) is 0 Å². The Hall–Kier alpha value is -0.810. The van der Waals surface area contributed by atoms with Crippen molar-refractivity contribution in [2.75, 3.05) is 32.8 Å². The number of rotatable bonds is 4.